The number of carbonyl (C=O) groups excluding carboxylic acids is 11. The van der Waals surface area contributed by atoms with Crippen molar-refractivity contribution >= 4 is 65.4 Å². The Morgan fingerprint density at radius 3 is 1.54 bits per heavy atom. The number of nitrogens with one attached hydrogen (secondary N) is 5. The second-order valence-electron chi connectivity index (χ2n) is 14.1. The molecule has 9 amide bonds. The lowest BCUT2D eigenvalue weighted by molar-refractivity contribution is -0.198. The van der Waals surface area contributed by atoms with Gasteiger partial charge in [-0.05, 0) is 103 Å². The van der Waals surface area contributed by atoms with Crippen molar-refractivity contribution in [3.63, 3.8) is 0 Å². The normalized spacial score (nSPS) is 14.4. The fourth-order valence-corrected chi connectivity index (χ4v) is 6.17. The summed E-state index contributed by atoms with van der Waals surface area (Å²) in [6.45, 7) is 3.93. The van der Waals surface area contributed by atoms with Crippen LogP contribution in [-0.4, -0.2) is 136 Å². The van der Waals surface area contributed by atoms with Gasteiger partial charge in [0.25, 0.3) is 23.5 Å². The van der Waals surface area contributed by atoms with E-state index >= 15 is 0 Å². The Labute approximate surface area is 353 Å². The third-order valence-electron chi connectivity index (χ3n) is 9.05. The molecular weight excluding hydrogens is 806 g/mol. The van der Waals surface area contributed by atoms with Crippen molar-refractivity contribution in [2.24, 2.45) is 22.9 Å². The average molecular weight is 870 g/mol. The van der Waals surface area contributed by atoms with Gasteiger partial charge >= 0.3 is 5.97 Å². The highest BCUT2D eigenvalue weighted by atomic mass is 16.7. The van der Waals surface area contributed by atoms with Crippen molar-refractivity contribution in [2.75, 3.05) is 26.2 Å². The van der Waals surface area contributed by atoms with Crippen LogP contribution in [0, 0.1) is 0 Å². The van der Waals surface area contributed by atoms with Gasteiger partial charge < -0.3 is 33.1 Å². The average Bonchev–Trinajstić information content (AvgIpc) is 3.51. The second kappa shape index (κ2) is 28.9. The van der Waals surface area contributed by atoms with Gasteiger partial charge in [-0.3, -0.25) is 69.5 Å². The van der Waals surface area contributed by atoms with E-state index in [4.69, 9.17) is 27.8 Å². The van der Waals surface area contributed by atoms with E-state index in [1.54, 1.807) is 0 Å². The monoisotopic (exact) mass is 869 g/mol. The Hall–Kier alpha value is -5.47. The zero-order chi connectivity index (χ0) is 46.1. The van der Waals surface area contributed by atoms with Crippen molar-refractivity contribution in [2.45, 2.75) is 135 Å². The lowest BCUT2D eigenvalue weighted by Crippen LogP contribution is -2.70. The lowest BCUT2D eigenvalue weighted by atomic mass is 10.0. The van der Waals surface area contributed by atoms with E-state index in [9.17, 15) is 52.7 Å². The highest BCUT2D eigenvalue weighted by molar-refractivity contribution is 6.36. The van der Waals surface area contributed by atoms with Crippen LogP contribution in [0.15, 0.2) is 0 Å². The number of Topliss-reactive ketones (excluding diaryl/α,β-unsaturated/α-hetero) is 1. The predicted octanol–water partition coefficient (Wildman–Crippen LogP) is -3.96. The molecule has 13 N–H and O–H groups in total. The number of nitrogens with zero attached hydrogens (tertiary/aromatic N) is 4. The van der Waals surface area contributed by atoms with Gasteiger partial charge in [0.2, 0.25) is 35.9 Å². The van der Waals surface area contributed by atoms with E-state index < -0.39 is 83.2 Å². The van der Waals surface area contributed by atoms with Crippen LogP contribution < -0.4 is 49.8 Å². The maximum Gasteiger partial charge on any atom is 0.401 e. The van der Waals surface area contributed by atoms with Crippen LogP contribution in [0.3, 0.4) is 0 Å². The number of imide groups is 2. The third-order valence-corrected chi connectivity index (χ3v) is 9.05. The first-order valence-corrected chi connectivity index (χ1v) is 20.2. The minimum atomic E-state index is -1.80. The molecule has 0 unspecified atom stereocenters. The standard InChI is InChI=1S/C36H63N13O12/c1-23(51)42-33(57)29(15-7-11-21-40)49(45-25(3)53)48(41-22-50)28(14-6-10-20-39)34(58)43-26(12-4-8-18-37)35(59)46(44-24(2)52)27(13-5-9-19-38)32(56)36(60)61-47-30(54)16-17-31(47)55/h22,26-29H,4-21,37-40H2,1-3H3,(H,41,50)(H,43,58)(H,44,52)(H,45,53)(H,42,51,57)/t26-,27-,28-,29-/m0/s1. The van der Waals surface area contributed by atoms with Crippen LogP contribution in [-0.2, 0) is 57.6 Å². The molecule has 1 aliphatic heterocycles. The van der Waals surface area contributed by atoms with Crippen LogP contribution in [0.5, 0.6) is 0 Å². The first-order chi connectivity index (χ1) is 29.0. The minimum Gasteiger partial charge on any atom is -0.343 e. The smallest absolute Gasteiger partial charge is 0.343 e. The Kier molecular flexibility index (Phi) is 25.4. The van der Waals surface area contributed by atoms with Gasteiger partial charge in [-0.1, -0.05) is 0 Å². The van der Waals surface area contributed by atoms with Gasteiger partial charge in [0.05, 0.1) is 0 Å². The van der Waals surface area contributed by atoms with E-state index in [0.29, 0.717) is 37.1 Å². The number of hydrogen-bond donors (Lipinski definition) is 9. The molecule has 0 aromatic heterocycles. The number of carbonyl (C=O) groups is 11. The Morgan fingerprint density at radius 1 is 0.639 bits per heavy atom. The van der Waals surface area contributed by atoms with Gasteiger partial charge in [0.15, 0.2) is 0 Å². The summed E-state index contributed by atoms with van der Waals surface area (Å²) in [4.78, 5) is 148. The Balaban J connectivity index is 3.89. The molecule has 1 rings (SSSR count). The summed E-state index contributed by atoms with van der Waals surface area (Å²) in [6.07, 6.45) is 1.30. The molecule has 0 bridgehead atoms. The third kappa shape index (κ3) is 18.4. The highest BCUT2D eigenvalue weighted by Crippen LogP contribution is 2.19. The molecule has 25 nitrogen and oxygen atoms in total. The van der Waals surface area contributed by atoms with E-state index in [1.165, 1.54) is 0 Å². The summed E-state index contributed by atoms with van der Waals surface area (Å²) >= 11 is 0. The van der Waals surface area contributed by atoms with Crippen LogP contribution >= 0.6 is 0 Å². The van der Waals surface area contributed by atoms with Crippen molar-refractivity contribution in [3.8, 4) is 0 Å². The van der Waals surface area contributed by atoms with E-state index in [0.717, 1.165) is 31.0 Å². The number of rotatable bonds is 30. The fraction of sp³-hybridized carbons (Fsp3) is 0.694. The Morgan fingerprint density at radius 2 is 1.10 bits per heavy atom. The molecule has 0 aliphatic carbocycles. The largest absolute Gasteiger partial charge is 0.401 e. The quantitative estimate of drug-likeness (QED) is 0.0109. The molecule has 344 valence electrons. The minimum absolute atomic E-state index is 0.0429. The van der Waals surface area contributed by atoms with Crippen LogP contribution in [0.4, 0.5) is 0 Å². The van der Waals surface area contributed by atoms with E-state index in [1.807, 2.05) is 0 Å². The maximum atomic E-state index is 14.6. The number of hydroxylamine groups is 2. The summed E-state index contributed by atoms with van der Waals surface area (Å²) in [5, 5.41) is 7.24. The van der Waals surface area contributed by atoms with Gasteiger partial charge in [-0.15, -0.1) is 15.3 Å². The van der Waals surface area contributed by atoms with Gasteiger partial charge in [0, 0.05) is 33.6 Å². The van der Waals surface area contributed by atoms with Crippen molar-refractivity contribution in [1.29, 1.82) is 0 Å². The number of hydrazine groups is 4. The predicted molar refractivity (Wildman–Crippen MR) is 213 cm³/mol. The maximum absolute atomic E-state index is 14.6. The van der Waals surface area contributed by atoms with Gasteiger partial charge in [0.1, 0.15) is 24.2 Å². The second-order valence-corrected chi connectivity index (χ2v) is 14.1. The molecule has 25 heteroatoms. The van der Waals surface area contributed by atoms with Crippen molar-refractivity contribution in [1.82, 2.24) is 47.2 Å². The molecule has 4 atom stereocenters. The molecule has 1 aliphatic rings. The number of nitrogens with two attached hydrogens (primary N) is 4. The van der Waals surface area contributed by atoms with Crippen LogP contribution in [0.1, 0.15) is 111 Å². The molecule has 1 fully saturated rings. The molecule has 0 radical (unpaired) electrons. The van der Waals surface area contributed by atoms with Crippen LogP contribution in [0.2, 0.25) is 0 Å². The van der Waals surface area contributed by atoms with Crippen LogP contribution in [0.25, 0.3) is 0 Å². The van der Waals surface area contributed by atoms with E-state index in [-0.39, 0.29) is 95.4 Å². The fourth-order valence-electron chi connectivity index (χ4n) is 6.17. The van der Waals surface area contributed by atoms with E-state index in [2.05, 4.69) is 26.9 Å². The molecule has 1 saturated heterocycles. The van der Waals surface area contributed by atoms with Gasteiger partial charge in [-0.25, -0.2) is 9.80 Å². The Bertz CT molecular complexity index is 1530. The topological polar surface area (TPSA) is 374 Å². The summed E-state index contributed by atoms with van der Waals surface area (Å²) < 4.78 is 0. The summed E-state index contributed by atoms with van der Waals surface area (Å²) in [6, 6.07) is -6.33. The zero-order valence-electron chi connectivity index (χ0n) is 35.1. The molecule has 0 aromatic rings. The SMILES string of the molecule is CC(=O)NC(=O)[C@H](CCCCN)N(NC(C)=O)N(NC=O)[C@@H](CCCCN)C(=O)N[C@@H](CCCCN)C(=O)N(NC(C)=O)[C@@H](CCCCN)C(=O)C(=O)ON1C(=O)CCC1=O. The zero-order valence-corrected chi connectivity index (χ0v) is 35.1. The molecule has 0 spiro atoms. The molecule has 61 heavy (non-hydrogen) atoms. The summed E-state index contributed by atoms with van der Waals surface area (Å²) in [7, 11) is 0. The van der Waals surface area contributed by atoms with Crippen molar-refractivity contribution in [3.05, 3.63) is 0 Å². The summed E-state index contributed by atoms with van der Waals surface area (Å²) in [5.41, 5.74) is 29.8. The molecule has 0 saturated carbocycles. The number of ketones is 1. The number of hydrogen-bond acceptors (Lipinski definition) is 18. The summed E-state index contributed by atoms with van der Waals surface area (Å²) in [5.74, 6) is -10.2. The molecule has 0 aromatic carbocycles. The molecule has 1 heterocycles. The number of unbranched alkanes of at least 4 members (excludes halogenated alkanes) is 4. The number of amides is 9. The first-order valence-electron chi connectivity index (χ1n) is 20.2. The first kappa shape index (κ1) is 53.5. The lowest BCUT2D eigenvalue weighted by Gasteiger charge is -2.42. The van der Waals surface area contributed by atoms with Gasteiger partial charge in [-0.2, -0.15) is 0 Å². The highest BCUT2D eigenvalue weighted by Gasteiger charge is 2.43. The van der Waals surface area contributed by atoms with Crippen molar-refractivity contribution < 1.29 is 57.6 Å². The molecular formula is C36H63N13O12.